The Balaban J connectivity index is 1.68. The number of thioether (sulfide) groups is 1. The van der Waals surface area contributed by atoms with E-state index in [-0.39, 0.29) is 11.9 Å². The summed E-state index contributed by atoms with van der Waals surface area (Å²) in [6, 6.07) is 12.9. The maximum atomic E-state index is 13.4. The smallest absolute Gasteiger partial charge is 0.240 e. The standard InChI is InChI=1S/C22H24ClN5O2S/c1-4-6-18-25-26-22-28(18)27-19(14-9-11-15(30-3)12-10-14)20(31-22)21(29)24-17-8-5-7-16(23)13(17)2/h5,7-12,19-20,27H,4,6H2,1-3H3,(H,24,29)/t19-,20+/m1/s1. The van der Waals surface area contributed by atoms with Gasteiger partial charge in [-0.3, -0.25) is 4.79 Å². The van der Waals surface area contributed by atoms with E-state index in [0.29, 0.717) is 15.9 Å². The molecule has 1 aromatic heterocycles. The van der Waals surface area contributed by atoms with E-state index in [0.717, 1.165) is 35.5 Å². The van der Waals surface area contributed by atoms with Crippen molar-refractivity contribution >= 4 is 35.0 Å². The van der Waals surface area contributed by atoms with Crippen molar-refractivity contribution in [3.8, 4) is 5.75 Å². The molecule has 1 amide bonds. The van der Waals surface area contributed by atoms with Gasteiger partial charge in [0.15, 0.2) is 5.82 Å². The normalized spacial score (nSPS) is 17.5. The van der Waals surface area contributed by atoms with Crippen LogP contribution in [0.25, 0.3) is 0 Å². The van der Waals surface area contributed by atoms with Crippen molar-refractivity contribution < 1.29 is 9.53 Å². The largest absolute Gasteiger partial charge is 0.497 e. The van der Waals surface area contributed by atoms with Crippen LogP contribution in [-0.2, 0) is 11.2 Å². The van der Waals surface area contributed by atoms with Gasteiger partial charge < -0.3 is 15.5 Å². The number of methoxy groups -OCH3 is 1. The van der Waals surface area contributed by atoms with Crippen molar-refractivity contribution in [3.63, 3.8) is 0 Å². The van der Waals surface area contributed by atoms with E-state index in [9.17, 15) is 4.79 Å². The van der Waals surface area contributed by atoms with Crippen LogP contribution in [-0.4, -0.2) is 33.1 Å². The molecular weight excluding hydrogens is 434 g/mol. The lowest BCUT2D eigenvalue weighted by atomic mass is 10.0. The molecule has 0 radical (unpaired) electrons. The lowest BCUT2D eigenvalue weighted by Gasteiger charge is -2.33. The predicted octanol–water partition coefficient (Wildman–Crippen LogP) is 4.60. The molecule has 0 unspecified atom stereocenters. The number of aryl methyl sites for hydroxylation is 1. The summed E-state index contributed by atoms with van der Waals surface area (Å²) in [4.78, 5) is 13.4. The number of anilines is 1. The quantitative estimate of drug-likeness (QED) is 0.563. The minimum absolute atomic E-state index is 0.130. The zero-order valence-electron chi connectivity index (χ0n) is 17.6. The number of rotatable bonds is 6. The fourth-order valence-corrected chi connectivity index (χ4v) is 4.77. The molecule has 0 fully saturated rings. The topological polar surface area (TPSA) is 81.1 Å². The summed E-state index contributed by atoms with van der Waals surface area (Å²) in [5.41, 5.74) is 5.97. The van der Waals surface area contributed by atoms with E-state index >= 15 is 0 Å². The number of carbonyl (C=O) groups excluding carboxylic acids is 1. The molecule has 2 atom stereocenters. The van der Waals surface area contributed by atoms with Gasteiger partial charge in [0.1, 0.15) is 11.0 Å². The molecule has 1 aliphatic heterocycles. The number of nitrogens with one attached hydrogen (secondary N) is 2. The second-order valence-electron chi connectivity index (χ2n) is 7.30. The number of fused-ring (bicyclic) bond motifs is 1. The van der Waals surface area contributed by atoms with E-state index in [1.165, 1.54) is 11.8 Å². The van der Waals surface area contributed by atoms with Gasteiger partial charge in [0.25, 0.3) is 0 Å². The summed E-state index contributed by atoms with van der Waals surface area (Å²) < 4.78 is 7.19. The van der Waals surface area contributed by atoms with E-state index in [4.69, 9.17) is 16.3 Å². The van der Waals surface area contributed by atoms with Crippen LogP contribution >= 0.6 is 23.4 Å². The van der Waals surface area contributed by atoms with Crippen LogP contribution < -0.4 is 15.5 Å². The zero-order chi connectivity index (χ0) is 22.0. The van der Waals surface area contributed by atoms with E-state index in [1.54, 1.807) is 13.2 Å². The molecular formula is C22H24ClN5O2S. The molecule has 4 rings (SSSR count). The Kier molecular flexibility index (Phi) is 6.38. The van der Waals surface area contributed by atoms with Gasteiger partial charge in [0.2, 0.25) is 11.1 Å². The molecule has 7 nitrogen and oxygen atoms in total. The third-order valence-corrected chi connectivity index (χ3v) is 6.86. The number of hydrogen-bond acceptors (Lipinski definition) is 6. The van der Waals surface area contributed by atoms with E-state index in [2.05, 4.69) is 27.9 Å². The van der Waals surface area contributed by atoms with Gasteiger partial charge in [0, 0.05) is 17.1 Å². The Morgan fingerprint density at radius 1 is 1.26 bits per heavy atom. The first-order valence-corrected chi connectivity index (χ1v) is 11.3. The predicted molar refractivity (Wildman–Crippen MR) is 124 cm³/mol. The summed E-state index contributed by atoms with van der Waals surface area (Å²) >= 11 is 7.64. The maximum Gasteiger partial charge on any atom is 0.240 e. The van der Waals surface area contributed by atoms with Gasteiger partial charge in [0.05, 0.1) is 13.2 Å². The van der Waals surface area contributed by atoms with Crippen LogP contribution in [0, 0.1) is 6.92 Å². The Labute approximate surface area is 190 Å². The first-order chi connectivity index (χ1) is 15.0. The molecule has 0 bridgehead atoms. The lowest BCUT2D eigenvalue weighted by molar-refractivity contribution is -0.116. The fourth-order valence-electron chi connectivity index (χ4n) is 3.49. The highest BCUT2D eigenvalue weighted by Crippen LogP contribution is 2.38. The van der Waals surface area contributed by atoms with Crippen molar-refractivity contribution in [1.82, 2.24) is 14.9 Å². The lowest BCUT2D eigenvalue weighted by Crippen LogP contribution is -2.41. The Morgan fingerprint density at radius 2 is 2.03 bits per heavy atom. The molecule has 3 aromatic rings. The third kappa shape index (κ3) is 4.36. The van der Waals surface area contributed by atoms with Crippen molar-refractivity contribution in [2.24, 2.45) is 0 Å². The fraction of sp³-hybridized carbons (Fsp3) is 0.318. The molecule has 0 saturated heterocycles. The first kappa shape index (κ1) is 21.5. The Hall–Kier alpha value is -2.71. The second kappa shape index (κ2) is 9.20. The number of carbonyl (C=O) groups is 1. The Morgan fingerprint density at radius 3 is 2.74 bits per heavy atom. The summed E-state index contributed by atoms with van der Waals surface area (Å²) in [6.07, 6.45) is 1.75. The van der Waals surface area contributed by atoms with Crippen molar-refractivity contribution in [2.45, 2.75) is 43.1 Å². The minimum atomic E-state index is -0.460. The number of halogens is 1. The highest BCUT2D eigenvalue weighted by molar-refractivity contribution is 8.00. The van der Waals surface area contributed by atoms with Crippen LogP contribution in [0.1, 0.15) is 36.3 Å². The molecule has 162 valence electrons. The van der Waals surface area contributed by atoms with Crippen molar-refractivity contribution in [3.05, 3.63) is 64.4 Å². The molecule has 0 spiro atoms. The molecule has 0 saturated carbocycles. The molecule has 1 aliphatic rings. The van der Waals surface area contributed by atoms with Crippen LogP contribution in [0.2, 0.25) is 5.02 Å². The monoisotopic (exact) mass is 457 g/mol. The number of aromatic nitrogens is 3. The van der Waals surface area contributed by atoms with E-state index in [1.807, 2.05) is 48.0 Å². The second-order valence-corrected chi connectivity index (χ2v) is 8.82. The molecule has 2 heterocycles. The highest BCUT2D eigenvalue weighted by Gasteiger charge is 2.38. The zero-order valence-corrected chi connectivity index (χ0v) is 19.1. The van der Waals surface area contributed by atoms with Crippen molar-refractivity contribution in [1.29, 1.82) is 0 Å². The number of benzene rings is 2. The van der Waals surface area contributed by atoms with Gasteiger partial charge in [-0.1, -0.05) is 48.5 Å². The molecule has 2 aromatic carbocycles. The number of nitrogens with zero attached hydrogens (tertiary/aromatic N) is 3. The van der Waals surface area contributed by atoms with E-state index < -0.39 is 5.25 Å². The molecule has 31 heavy (non-hydrogen) atoms. The van der Waals surface area contributed by atoms with Crippen LogP contribution in [0.5, 0.6) is 5.75 Å². The first-order valence-electron chi connectivity index (χ1n) is 10.1. The number of amides is 1. The van der Waals surface area contributed by atoms with Gasteiger partial charge >= 0.3 is 0 Å². The summed E-state index contributed by atoms with van der Waals surface area (Å²) in [5.74, 6) is 1.49. The molecule has 2 N–H and O–H groups in total. The summed E-state index contributed by atoms with van der Waals surface area (Å²) in [7, 11) is 1.63. The van der Waals surface area contributed by atoms with Gasteiger partial charge in [-0.15, -0.1) is 10.2 Å². The molecule has 9 heteroatoms. The third-order valence-electron chi connectivity index (χ3n) is 5.24. The summed E-state index contributed by atoms with van der Waals surface area (Å²) in [6.45, 7) is 3.99. The van der Waals surface area contributed by atoms with Gasteiger partial charge in [-0.2, -0.15) is 0 Å². The van der Waals surface area contributed by atoms with Crippen LogP contribution in [0.4, 0.5) is 5.69 Å². The van der Waals surface area contributed by atoms with Gasteiger partial charge in [-0.05, 0) is 48.7 Å². The minimum Gasteiger partial charge on any atom is -0.497 e. The van der Waals surface area contributed by atoms with Crippen LogP contribution in [0.15, 0.2) is 47.6 Å². The number of ether oxygens (including phenoxy) is 1. The highest BCUT2D eigenvalue weighted by atomic mass is 35.5. The number of hydrogen-bond donors (Lipinski definition) is 2. The average molecular weight is 458 g/mol. The summed E-state index contributed by atoms with van der Waals surface area (Å²) in [5, 5.41) is 12.5. The van der Waals surface area contributed by atoms with Gasteiger partial charge in [-0.25, -0.2) is 4.68 Å². The SMILES string of the molecule is CCCc1nnc2n1N[C@H](c1ccc(OC)cc1)[C@@H](C(=O)Nc1cccc(Cl)c1C)S2. The van der Waals surface area contributed by atoms with Crippen molar-refractivity contribution in [2.75, 3.05) is 17.9 Å². The average Bonchev–Trinajstić information content (AvgIpc) is 3.18. The molecule has 0 aliphatic carbocycles. The Bertz CT molecular complexity index is 1090. The maximum absolute atomic E-state index is 13.4. The van der Waals surface area contributed by atoms with Crippen LogP contribution in [0.3, 0.4) is 0 Å².